The van der Waals surface area contributed by atoms with E-state index in [1.165, 1.54) is 0 Å². The molecule has 0 aliphatic carbocycles. The number of halogens is 1. The third-order valence-corrected chi connectivity index (χ3v) is 3.43. The molecule has 1 aromatic heterocycles. The molecule has 3 rings (SSSR count). The number of hydrogen-bond donors (Lipinski definition) is 2. The van der Waals surface area contributed by atoms with Crippen molar-refractivity contribution in [1.82, 2.24) is 15.3 Å². The zero-order valence-corrected chi connectivity index (χ0v) is 11.9. The van der Waals surface area contributed by atoms with E-state index < -0.39 is 0 Å². The van der Waals surface area contributed by atoms with Crippen LogP contribution >= 0.6 is 11.6 Å². The van der Waals surface area contributed by atoms with E-state index in [0.29, 0.717) is 0 Å². The van der Waals surface area contributed by atoms with E-state index in [9.17, 15) is 0 Å². The van der Waals surface area contributed by atoms with Gasteiger partial charge in [0.05, 0.1) is 18.5 Å². The summed E-state index contributed by atoms with van der Waals surface area (Å²) in [6.07, 6.45) is 0.859. The van der Waals surface area contributed by atoms with Crippen molar-refractivity contribution in [3.05, 3.63) is 40.8 Å². The quantitative estimate of drug-likeness (QED) is 0.851. The van der Waals surface area contributed by atoms with E-state index in [1.54, 1.807) is 7.11 Å². The fourth-order valence-corrected chi connectivity index (χ4v) is 2.48. The smallest absolute Gasteiger partial charge is 0.224 e. The van der Waals surface area contributed by atoms with Crippen LogP contribution in [-0.2, 0) is 13.0 Å². The van der Waals surface area contributed by atoms with Crippen molar-refractivity contribution in [2.75, 3.05) is 19.0 Å². The Morgan fingerprint density at radius 3 is 3.00 bits per heavy atom. The van der Waals surface area contributed by atoms with E-state index in [2.05, 4.69) is 20.6 Å². The Bertz CT molecular complexity index is 633. The number of para-hydroxylation sites is 2. The van der Waals surface area contributed by atoms with Crippen LogP contribution in [0.4, 0.5) is 11.5 Å². The Kier molecular flexibility index (Phi) is 3.71. The van der Waals surface area contributed by atoms with E-state index in [1.807, 2.05) is 24.3 Å². The highest BCUT2D eigenvalue weighted by Gasteiger charge is 2.17. The average Bonchev–Trinajstić information content (AvgIpc) is 2.47. The summed E-state index contributed by atoms with van der Waals surface area (Å²) in [5.74, 6) is 1.50. The normalized spacial score (nSPS) is 13.7. The highest BCUT2D eigenvalue weighted by atomic mass is 35.5. The van der Waals surface area contributed by atoms with Gasteiger partial charge in [0.15, 0.2) is 0 Å². The molecule has 0 radical (unpaired) electrons. The molecule has 0 unspecified atom stereocenters. The van der Waals surface area contributed by atoms with Gasteiger partial charge in [-0.15, -0.1) is 0 Å². The van der Waals surface area contributed by atoms with Gasteiger partial charge < -0.3 is 15.4 Å². The molecule has 20 heavy (non-hydrogen) atoms. The zero-order valence-electron chi connectivity index (χ0n) is 11.1. The largest absolute Gasteiger partial charge is 0.495 e. The van der Waals surface area contributed by atoms with Gasteiger partial charge in [0.25, 0.3) is 0 Å². The van der Waals surface area contributed by atoms with Gasteiger partial charge in [-0.2, -0.15) is 0 Å². The molecule has 2 heterocycles. The van der Waals surface area contributed by atoms with Gasteiger partial charge in [-0.1, -0.05) is 12.1 Å². The number of benzene rings is 1. The SMILES string of the molecule is COc1ccccc1Nc1nc(Cl)nc2c1CNCC2. The van der Waals surface area contributed by atoms with Gasteiger partial charge in [0.1, 0.15) is 11.6 Å². The van der Waals surface area contributed by atoms with Crippen LogP contribution in [0, 0.1) is 0 Å². The first-order valence-corrected chi connectivity index (χ1v) is 6.82. The average molecular weight is 291 g/mol. The first-order chi connectivity index (χ1) is 9.78. The summed E-state index contributed by atoms with van der Waals surface area (Å²) in [6.45, 7) is 1.65. The lowest BCUT2D eigenvalue weighted by atomic mass is 10.1. The molecule has 2 N–H and O–H groups in total. The summed E-state index contributed by atoms with van der Waals surface area (Å²) in [4.78, 5) is 8.61. The minimum Gasteiger partial charge on any atom is -0.495 e. The number of nitrogens with zero attached hydrogens (tertiary/aromatic N) is 2. The molecular formula is C14H15ClN4O. The number of nitrogens with one attached hydrogen (secondary N) is 2. The van der Waals surface area contributed by atoms with Gasteiger partial charge in [-0.25, -0.2) is 9.97 Å². The summed E-state index contributed by atoms with van der Waals surface area (Å²) >= 11 is 6.01. The van der Waals surface area contributed by atoms with E-state index in [4.69, 9.17) is 16.3 Å². The van der Waals surface area contributed by atoms with Crippen LogP contribution in [0.15, 0.2) is 24.3 Å². The van der Waals surface area contributed by atoms with Gasteiger partial charge in [0, 0.05) is 25.1 Å². The topological polar surface area (TPSA) is 59.1 Å². The minimum absolute atomic E-state index is 0.267. The second-order valence-electron chi connectivity index (χ2n) is 4.52. The van der Waals surface area contributed by atoms with Crippen LogP contribution < -0.4 is 15.4 Å². The lowest BCUT2D eigenvalue weighted by molar-refractivity contribution is 0.417. The third-order valence-electron chi connectivity index (χ3n) is 3.27. The molecule has 0 atom stereocenters. The first kappa shape index (κ1) is 13.1. The van der Waals surface area contributed by atoms with Crippen molar-refractivity contribution < 1.29 is 4.74 Å². The van der Waals surface area contributed by atoms with Crippen molar-refractivity contribution in [2.24, 2.45) is 0 Å². The molecule has 0 bridgehead atoms. The zero-order chi connectivity index (χ0) is 13.9. The predicted octanol–water partition coefficient (Wildman–Crippen LogP) is 2.53. The predicted molar refractivity (Wildman–Crippen MR) is 78.7 cm³/mol. The van der Waals surface area contributed by atoms with Crippen LogP contribution in [0.25, 0.3) is 0 Å². The third kappa shape index (κ3) is 2.55. The van der Waals surface area contributed by atoms with Gasteiger partial charge in [0.2, 0.25) is 5.28 Å². The van der Waals surface area contributed by atoms with Crippen LogP contribution in [0.3, 0.4) is 0 Å². The second kappa shape index (κ2) is 5.64. The monoisotopic (exact) mass is 290 g/mol. The summed E-state index contributed by atoms with van der Waals surface area (Å²) in [5, 5.41) is 6.88. The fraction of sp³-hybridized carbons (Fsp3) is 0.286. The van der Waals surface area contributed by atoms with Gasteiger partial charge in [-0.05, 0) is 23.7 Å². The Morgan fingerprint density at radius 1 is 1.30 bits per heavy atom. The molecule has 0 saturated carbocycles. The minimum atomic E-state index is 0.267. The molecule has 5 nitrogen and oxygen atoms in total. The van der Waals surface area contributed by atoms with E-state index in [0.717, 1.165) is 48.0 Å². The van der Waals surface area contributed by atoms with Crippen molar-refractivity contribution >= 4 is 23.1 Å². The maximum Gasteiger partial charge on any atom is 0.224 e. The Labute approximate surface area is 122 Å². The number of hydrogen-bond acceptors (Lipinski definition) is 5. The first-order valence-electron chi connectivity index (χ1n) is 6.44. The van der Waals surface area contributed by atoms with Gasteiger partial charge >= 0.3 is 0 Å². The van der Waals surface area contributed by atoms with Crippen LogP contribution in [0.1, 0.15) is 11.3 Å². The number of aromatic nitrogens is 2. The van der Waals surface area contributed by atoms with Crippen molar-refractivity contribution in [3.8, 4) is 5.75 Å². The Morgan fingerprint density at radius 2 is 2.15 bits per heavy atom. The maximum atomic E-state index is 6.01. The number of rotatable bonds is 3. The van der Waals surface area contributed by atoms with Crippen molar-refractivity contribution in [2.45, 2.75) is 13.0 Å². The maximum absolute atomic E-state index is 6.01. The van der Waals surface area contributed by atoms with Crippen LogP contribution in [0.2, 0.25) is 5.28 Å². The fourth-order valence-electron chi connectivity index (χ4n) is 2.29. The molecule has 0 spiro atoms. The number of methoxy groups -OCH3 is 1. The number of fused-ring (bicyclic) bond motifs is 1. The highest BCUT2D eigenvalue weighted by molar-refractivity contribution is 6.28. The lowest BCUT2D eigenvalue weighted by Crippen LogP contribution is -2.26. The molecule has 2 aromatic rings. The molecule has 104 valence electrons. The molecular weight excluding hydrogens is 276 g/mol. The molecule has 1 aromatic carbocycles. The van der Waals surface area contributed by atoms with Crippen LogP contribution in [-0.4, -0.2) is 23.6 Å². The number of ether oxygens (including phenoxy) is 1. The van der Waals surface area contributed by atoms with Crippen molar-refractivity contribution in [3.63, 3.8) is 0 Å². The standard InChI is InChI=1S/C14H15ClN4O/c1-20-12-5-3-2-4-11(12)17-13-9-8-16-7-6-10(9)18-14(15)19-13/h2-5,16H,6-8H2,1H3,(H,17,18,19). The Balaban J connectivity index is 2.00. The molecule has 1 aliphatic heterocycles. The van der Waals surface area contributed by atoms with Gasteiger partial charge in [-0.3, -0.25) is 0 Å². The summed E-state index contributed by atoms with van der Waals surface area (Å²) < 4.78 is 5.34. The summed E-state index contributed by atoms with van der Waals surface area (Å²) in [5.41, 5.74) is 2.92. The summed E-state index contributed by atoms with van der Waals surface area (Å²) in [7, 11) is 1.64. The van der Waals surface area contributed by atoms with E-state index in [-0.39, 0.29) is 5.28 Å². The van der Waals surface area contributed by atoms with Crippen LogP contribution in [0.5, 0.6) is 5.75 Å². The molecule has 0 amide bonds. The number of anilines is 2. The second-order valence-corrected chi connectivity index (χ2v) is 4.86. The molecule has 6 heteroatoms. The van der Waals surface area contributed by atoms with Crippen molar-refractivity contribution in [1.29, 1.82) is 0 Å². The summed E-state index contributed by atoms with van der Waals surface area (Å²) in [6, 6.07) is 7.71. The lowest BCUT2D eigenvalue weighted by Gasteiger charge is -2.20. The van der Waals surface area contributed by atoms with E-state index >= 15 is 0 Å². The molecule has 0 fully saturated rings. The Hall–Kier alpha value is -1.85. The highest BCUT2D eigenvalue weighted by Crippen LogP contribution is 2.30. The molecule has 1 aliphatic rings. The molecule has 0 saturated heterocycles.